The Morgan fingerprint density at radius 3 is 2.48 bits per heavy atom. The number of carboxylic acid groups (broad SMARTS) is 1. The van der Waals surface area contributed by atoms with E-state index < -0.39 is 28.6 Å². The summed E-state index contributed by atoms with van der Waals surface area (Å²) in [6.07, 6.45) is 2.66. The van der Waals surface area contributed by atoms with Gasteiger partial charge in [0.15, 0.2) is 17.5 Å². The van der Waals surface area contributed by atoms with Crippen molar-refractivity contribution >= 4 is 40.1 Å². The zero-order chi connectivity index (χ0) is 29.7. The Hall–Kier alpha value is -4.68. The van der Waals surface area contributed by atoms with E-state index in [9.17, 15) is 19.5 Å². The molecule has 13 heteroatoms. The summed E-state index contributed by atoms with van der Waals surface area (Å²) < 4.78 is 38.0. The third-order valence-corrected chi connectivity index (χ3v) is 7.84. The fourth-order valence-electron chi connectivity index (χ4n) is 5.53. The number of nitrogens with one attached hydrogen (secondary N) is 1. The number of piperazine rings is 1. The van der Waals surface area contributed by atoms with Gasteiger partial charge in [-0.25, -0.2) is 18.6 Å². The van der Waals surface area contributed by atoms with Crippen molar-refractivity contribution < 1.29 is 28.2 Å². The van der Waals surface area contributed by atoms with Gasteiger partial charge in [-0.3, -0.25) is 9.59 Å². The van der Waals surface area contributed by atoms with Crippen LogP contribution >= 0.6 is 0 Å². The number of pyridine rings is 2. The van der Waals surface area contributed by atoms with Gasteiger partial charge < -0.3 is 34.4 Å². The number of hydrogen-bond acceptors (Lipinski definition) is 8. The molecule has 3 aromatic rings. The van der Waals surface area contributed by atoms with Crippen LogP contribution in [0.3, 0.4) is 0 Å². The summed E-state index contributed by atoms with van der Waals surface area (Å²) in [4.78, 5) is 45.4. The van der Waals surface area contributed by atoms with Gasteiger partial charge in [-0.15, -0.1) is 0 Å². The summed E-state index contributed by atoms with van der Waals surface area (Å²) in [6.45, 7) is 7.60. The van der Waals surface area contributed by atoms with E-state index >= 15 is 8.78 Å². The van der Waals surface area contributed by atoms with Gasteiger partial charge in [-0.05, 0) is 43.7 Å². The van der Waals surface area contributed by atoms with E-state index in [4.69, 9.17) is 4.74 Å². The fourth-order valence-corrected chi connectivity index (χ4v) is 5.53. The van der Waals surface area contributed by atoms with Crippen LogP contribution in [0.4, 0.5) is 26.0 Å². The van der Waals surface area contributed by atoms with Gasteiger partial charge >= 0.3 is 5.97 Å². The molecular weight excluding hydrogens is 550 g/mol. The minimum atomic E-state index is -1.36. The summed E-state index contributed by atoms with van der Waals surface area (Å²) in [7, 11) is 0. The molecule has 1 saturated carbocycles. The molecule has 0 unspecified atom stereocenters. The van der Waals surface area contributed by atoms with E-state index in [2.05, 4.69) is 16.9 Å². The van der Waals surface area contributed by atoms with E-state index in [1.807, 2.05) is 4.90 Å². The molecule has 4 heterocycles. The van der Waals surface area contributed by atoms with Crippen molar-refractivity contribution in [3.8, 4) is 0 Å². The number of aromatic nitrogens is 2. The predicted octanol–water partition coefficient (Wildman–Crippen LogP) is 2.85. The first-order valence-corrected chi connectivity index (χ1v) is 13.8. The quantitative estimate of drug-likeness (QED) is 0.435. The number of hydrogen-bond donors (Lipinski definition) is 2. The lowest BCUT2D eigenvalue weighted by molar-refractivity contribution is -0.119. The van der Waals surface area contributed by atoms with E-state index in [0.717, 1.165) is 18.9 Å². The summed E-state index contributed by atoms with van der Waals surface area (Å²) >= 11 is 0. The van der Waals surface area contributed by atoms with Crippen LogP contribution in [0, 0.1) is 11.6 Å². The van der Waals surface area contributed by atoms with Crippen molar-refractivity contribution in [3.05, 3.63) is 70.3 Å². The molecule has 42 heavy (non-hydrogen) atoms. The van der Waals surface area contributed by atoms with E-state index in [1.165, 1.54) is 19.2 Å². The van der Waals surface area contributed by atoms with Crippen LogP contribution in [0.25, 0.3) is 11.0 Å². The van der Waals surface area contributed by atoms with Gasteiger partial charge in [0.2, 0.25) is 11.3 Å². The van der Waals surface area contributed by atoms with Crippen LogP contribution in [0.5, 0.6) is 0 Å². The van der Waals surface area contributed by atoms with Crippen LogP contribution in [0.2, 0.25) is 0 Å². The lowest BCUT2D eigenvalue weighted by atomic mass is 10.1. The Morgan fingerprint density at radius 1 is 1.12 bits per heavy atom. The van der Waals surface area contributed by atoms with Crippen molar-refractivity contribution in [2.75, 3.05) is 54.0 Å². The number of anilines is 3. The molecule has 2 N–H and O–H groups in total. The number of fused-ring (bicyclic) bond motifs is 1. The molecule has 6 rings (SSSR count). The molecular formula is C29H30F2N6O5. The summed E-state index contributed by atoms with van der Waals surface area (Å²) in [5, 5.41) is 12.1. The number of ether oxygens (including phenoxy) is 1. The highest BCUT2D eigenvalue weighted by Gasteiger charge is 2.31. The topological polar surface area (TPSA) is 120 Å². The van der Waals surface area contributed by atoms with Crippen molar-refractivity contribution in [2.45, 2.75) is 31.9 Å². The highest BCUT2D eigenvalue weighted by atomic mass is 19.1. The van der Waals surface area contributed by atoms with Crippen molar-refractivity contribution in [1.82, 2.24) is 14.9 Å². The number of amides is 1. The monoisotopic (exact) mass is 580 g/mol. The first-order valence-electron chi connectivity index (χ1n) is 13.8. The molecule has 2 aromatic heterocycles. The van der Waals surface area contributed by atoms with Gasteiger partial charge in [0.25, 0.3) is 0 Å². The number of carboxylic acids is 1. The second-order valence-corrected chi connectivity index (χ2v) is 10.8. The molecule has 0 spiro atoms. The zero-order valence-corrected chi connectivity index (χ0v) is 23.0. The zero-order valence-electron chi connectivity index (χ0n) is 23.0. The Kier molecular flexibility index (Phi) is 6.95. The Morgan fingerprint density at radius 2 is 1.83 bits per heavy atom. The minimum absolute atomic E-state index is 0.0205. The van der Waals surface area contributed by atoms with E-state index in [1.54, 1.807) is 26.5 Å². The molecule has 0 radical (unpaired) electrons. The smallest absolute Gasteiger partial charge is 0.341 e. The summed E-state index contributed by atoms with van der Waals surface area (Å²) in [6, 6.07) is 5.99. The SMILES string of the molecule is C=C1O[C@@H](CNC(C)=O)CN1c1ccc(N2CCN(c3nc4c(cc3F)c(=O)c(C(=O)O)cn4C3CC3)CC2)c(F)c1. The predicted molar refractivity (Wildman–Crippen MR) is 152 cm³/mol. The van der Waals surface area contributed by atoms with Crippen LogP contribution in [0.1, 0.15) is 36.2 Å². The Labute approximate surface area is 239 Å². The third-order valence-electron chi connectivity index (χ3n) is 7.84. The number of benzene rings is 1. The lowest BCUT2D eigenvalue weighted by Crippen LogP contribution is -2.47. The highest BCUT2D eigenvalue weighted by Crippen LogP contribution is 2.37. The molecule has 1 atom stereocenters. The second kappa shape index (κ2) is 10.6. The Bertz CT molecular complexity index is 1660. The van der Waals surface area contributed by atoms with Crippen molar-refractivity contribution in [3.63, 3.8) is 0 Å². The molecule has 1 aliphatic carbocycles. The number of rotatable bonds is 7. The average Bonchev–Trinajstić information content (AvgIpc) is 3.73. The first kappa shape index (κ1) is 27.5. The van der Waals surface area contributed by atoms with Crippen LogP contribution in [0.15, 0.2) is 47.7 Å². The van der Waals surface area contributed by atoms with Crippen molar-refractivity contribution in [2.24, 2.45) is 0 Å². The molecule has 3 aliphatic rings. The van der Waals surface area contributed by atoms with Gasteiger partial charge in [-0.1, -0.05) is 0 Å². The van der Waals surface area contributed by atoms with Crippen LogP contribution in [-0.2, 0) is 9.53 Å². The molecule has 220 valence electrons. The maximum atomic E-state index is 15.3. The molecule has 0 bridgehead atoms. The number of halogens is 2. The summed E-state index contributed by atoms with van der Waals surface area (Å²) in [5.41, 5.74) is 0.0922. The largest absolute Gasteiger partial charge is 0.477 e. The minimum Gasteiger partial charge on any atom is -0.477 e. The molecule has 3 fully saturated rings. The highest BCUT2D eigenvalue weighted by molar-refractivity contribution is 5.92. The second-order valence-electron chi connectivity index (χ2n) is 10.8. The standard InChI is InChI=1S/C29H30F2N6O5/c1-16(38)32-13-20-14-36(17(2)42-20)19-5-6-25(23(30)11-19)34-7-9-35(10-8-34)28-24(31)12-21-26(39)22(29(40)41)15-37(18-3-4-18)27(21)33-28/h5-6,11-12,15,18,20H,2-4,7-10,13-14H2,1H3,(H,32,38)(H,40,41)/t20-/m0/s1. The molecule has 11 nitrogen and oxygen atoms in total. The fraction of sp³-hybridized carbons (Fsp3) is 0.379. The van der Waals surface area contributed by atoms with Crippen LogP contribution < -0.4 is 25.4 Å². The van der Waals surface area contributed by atoms with Crippen molar-refractivity contribution in [1.29, 1.82) is 0 Å². The Balaban J connectivity index is 1.18. The maximum absolute atomic E-state index is 15.3. The molecule has 2 aliphatic heterocycles. The molecule has 1 amide bonds. The van der Waals surface area contributed by atoms with E-state index in [0.29, 0.717) is 56.5 Å². The average molecular weight is 581 g/mol. The first-order chi connectivity index (χ1) is 20.1. The van der Waals surface area contributed by atoms with E-state index in [-0.39, 0.29) is 34.9 Å². The number of carbonyl (C=O) groups is 2. The third kappa shape index (κ3) is 5.10. The van der Waals surface area contributed by atoms with Gasteiger partial charge in [-0.2, -0.15) is 0 Å². The molecule has 2 saturated heterocycles. The van der Waals surface area contributed by atoms with Gasteiger partial charge in [0, 0.05) is 51.0 Å². The van der Waals surface area contributed by atoms with Gasteiger partial charge in [0.05, 0.1) is 24.2 Å². The van der Waals surface area contributed by atoms with Crippen LogP contribution in [-0.4, -0.2) is 71.9 Å². The normalized spacial score (nSPS) is 18.9. The summed E-state index contributed by atoms with van der Waals surface area (Å²) in [5.74, 6) is -2.19. The number of nitrogens with zero attached hydrogens (tertiary/aromatic N) is 5. The maximum Gasteiger partial charge on any atom is 0.341 e. The number of carbonyl (C=O) groups excluding carboxylic acids is 1. The molecule has 1 aromatic carbocycles. The van der Waals surface area contributed by atoms with Gasteiger partial charge in [0.1, 0.15) is 23.1 Å². The lowest BCUT2D eigenvalue weighted by Gasteiger charge is -2.37. The number of aromatic carboxylic acids is 1.